The minimum Gasteiger partial charge on any atom is -0.456 e. The first-order chi connectivity index (χ1) is 31.8. The van der Waals surface area contributed by atoms with Crippen LogP contribution in [0.2, 0.25) is 0 Å². The smallest absolute Gasteiger partial charge is 0.135 e. The van der Waals surface area contributed by atoms with Crippen molar-refractivity contribution < 1.29 is 4.42 Å². The quantitative estimate of drug-likeness (QED) is 0.127. The van der Waals surface area contributed by atoms with Crippen LogP contribution in [-0.4, -0.2) is 0 Å². The lowest BCUT2D eigenvalue weighted by Crippen LogP contribution is -2.29. The maximum Gasteiger partial charge on any atom is 0.135 e. The van der Waals surface area contributed by atoms with Gasteiger partial charge in [-0.05, 0) is 134 Å². The predicted octanol–water partition coefficient (Wildman–Crippen LogP) is 17.0. The van der Waals surface area contributed by atoms with Crippen LogP contribution >= 0.6 is 0 Å². The molecule has 0 amide bonds. The molecule has 0 bridgehead atoms. The van der Waals surface area contributed by atoms with E-state index in [1.54, 1.807) is 0 Å². The van der Waals surface area contributed by atoms with Gasteiger partial charge in [-0.3, -0.25) is 0 Å². The summed E-state index contributed by atoms with van der Waals surface area (Å²) < 4.78 is 6.32. The lowest BCUT2D eigenvalue weighted by molar-refractivity contribution is 0.669. The van der Waals surface area contributed by atoms with Crippen LogP contribution in [0.15, 0.2) is 235 Å². The van der Waals surface area contributed by atoms with Crippen LogP contribution in [0.3, 0.4) is 0 Å². The molecule has 64 heavy (non-hydrogen) atoms. The Morgan fingerprint density at radius 2 is 0.672 bits per heavy atom. The fourth-order valence-electron chi connectivity index (χ4n) is 11.9. The fourth-order valence-corrected chi connectivity index (χ4v) is 11.9. The number of rotatable bonds is 4. The number of benzene rings is 12. The van der Waals surface area contributed by atoms with Gasteiger partial charge >= 0.3 is 0 Å². The van der Waals surface area contributed by atoms with Gasteiger partial charge in [0, 0.05) is 10.8 Å². The Hall–Kier alpha value is -8.26. The molecular formula is C63H38O. The van der Waals surface area contributed by atoms with E-state index in [2.05, 4.69) is 224 Å². The highest BCUT2D eigenvalue weighted by atomic mass is 16.3. The topological polar surface area (TPSA) is 13.1 Å². The largest absolute Gasteiger partial charge is 0.456 e. The van der Waals surface area contributed by atoms with E-state index in [0.717, 1.165) is 21.9 Å². The molecule has 0 fully saturated rings. The second kappa shape index (κ2) is 13.4. The Kier molecular flexibility index (Phi) is 7.38. The standard InChI is InChI=1S/C63H38O/c1-3-19-40(20-4-1)63(41-21-5-2-6-22-41)61-51-32-15-9-25-44(51)54(38-55(61)60-46-27-10-7-23-42(46)43-24-8-16-33-52(43)62(60)63)59-49-30-13-11-28-47(49)58(48-29-12-14-31-50(48)59)39-35-36-57-53(37-39)45-26-17-18-34-56(45)64-57/h1-38H. The van der Waals surface area contributed by atoms with Crippen molar-refractivity contribution in [3.63, 3.8) is 0 Å². The summed E-state index contributed by atoms with van der Waals surface area (Å²) in [6.07, 6.45) is 0. The highest BCUT2D eigenvalue weighted by Crippen LogP contribution is 2.63. The van der Waals surface area contributed by atoms with Gasteiger partial charge in [-0.2, -0.15) is 0 Å². The molecule has 1 aromatic heterocycles. The molecule has 0 N–H and O–H groups in total. The average Bonchev–Trinajstić information content (AvgIpc) is 3.90. The molecule has 0 unspecified atom stereocenters. The summed E-state index contributed by atoms with van der Waals surface area (Å²) in [4.78, 5) is 0. The number of hydrogen-bond acceptors (Lipinski definition) is 1. The second-order valence-corrected chi connectivity index (χ2v) is 17.4. The van der Waals surface area contributed by atoms with Gasteiger partial charge < -0.3 is 4.42 Å². The number of fused-ring (bicyclic) bond motifs is 15. The van der Waals surface area contributed by atoms with E-state index in [4.69, 9.17) is 4.42 Å². The van der Waals surface area contributed by atoms with E-state index in [1.165, 1.54) is 109 Å². The van der Waals surface area contributed by atoms with E-state index >= 15 is 0 Å². The Morgan fingerprint density at radius 1 is 0.250 bits per heavy atom. The molecule has 0 saturated carbocycles. The third kappa shape index (κ3) is 4.68. The highest BCUT2D eigenvalue weighted by molar-refractivity contribution is 6.27. The van der Waals surface area contributed by atoms with Crippen molar-refractivity contribution in [2.75, 3.05) is 0 Å². The lowest BCUT2D eigenvalue weighted by Gasteiger charge is -2.36. The fraction of sp³-hybridized carbons (Fsp3) is 0.0159. The monoisotopic (exact) mass is 810 g/mol. The zero-order chi connectivity index (χ0) is 41.9. The Bertz CT molecular complexity index is 3960. The third-order valence-corrected chi connectivity index (χ3v) is 14.3. The molecule has 296 valence electrons. The molecule has 0 radical (unpaired) electrons. The van der Waals surface area contributed by atoms with Crippen LogP contribution in [0, 0.1) is 0 Å². The molecule has 0 atom stereocenters. The molecule has 1 heterocycles. The molecule has 1 nitrogen and oxygen atoms in total. The minimum absolute atomic E-state index is 0.612. The van der Waals surface area contributed by atoms with Gasteiger partial charge in [0.25, 0.3) is 0 Å². The number of para-hydroxylation sites is 1. The molecule has 1 aliphatic rings. The first-order valence-corrected chi connectivity index (χ1v) is 22.3. The van der Waals surface area contributed by atoms with Crippen molar-refractivity contribution in [2.45, 2.75) is 5.41 Å². The van der Waals surface area contributed by atoms with Crippen LogP contribution in [0.25, 0.3) is 109 Å². The van der Waals surface area contributed by atoms with Crippen molar-refractivity contribution in [3.05, 3.63) is 253 Å². The van der Waals surface area contributed by atoms with Crippen LogP contribution in [-0.2, 0) is 5.41 Å². The molecule has 0 saturated heterocycles. The van der Waals surface area contributed by atoms with Crippen LogP contribution in [0.4, 0.5) is 0 Å². The molecule has 0 aliphatic heterocycles. The molecule has 0 spiro atoms. The molecule has 1 aliphatic carbocycles. The maximum absolute atomic E-state index is 6.32. The summed E-state index contributed by atoms with van der Waals surface area (Å²) >= 11 is 0. The Morgan fingerprint density at radius 3 is 1.27 bits per heavy atom. The first kappa shape index (κ1) is 35.3. The third-order valence-electron chi connectivity index (χ3n) is 14.3. The average molecular weight is 811 g/mol. The normalized spacial score (nSPS) is 13.1. The first-order valence-electron chi connectivity index (χ1n) is 22.3. The zero-order valence-electron chi connectivity index (χ0n) is 34.8. The SMILES string of the molecule is c1ccc(C2(c3ccccc3)c3c(cc(-c4c5ccccc5c(-c5ccc6oc7ccccc7c6c5)c5ccccc45)c4ccccc34)-c3c2c2ccccc2c2ccccc32)cc1. The van der Waals surface area contributed by atoms with Crippen molar-refractivity contribution in [2.24, 2.45) is 0 Å². The van der Waals surface area contributed by atoms with Crippen molar-refractivity contribution in [1.82, 2.24) is 0 Å². The van der Waals surface area contributed by atoms with E-state index in [0.29, 0.717) is 0 Å². The van der Waals surface area contributed by atoms with Gasteiger partial charge in [0.05, 0.1) is 5.41 Å². The number of furan rings is 1. The van der Waals surface area contributed by atoms with E-state index in [-0.39, 0.29) is 0 Å². The second-order valence-electron chi connectivity index (χ2n) is 17.4. The van der Waals surface area contributed by atoms with E-state index < -0.39 is 5.41 Å². The van der Waals surface area contributed by atoms with Crippen LogP contribution < -0.4 is 0 Å². The summed E-state index contributed by atoms with van der Waals surface area (Å²) in [6.45, 7) is 0. The molecule has 13 aromatic rings. The van der Waals surface area contributed by atoms with Crippen molar-refractivity contribution in [1.29, 1.82) is 0 Å². The maximum atomic E-state index is 6.32. The summed E-state index contributed by atoms with van der Waals surface area (Å²) in [6, 6.07) is 85.7. The predicted molar refractivity (Wildman–Crippen MR) is 269 cm³/mol. The summed E-state index contributed by atoms with van der Waals surface area (Å²) in [7, 11) is 0. The van der Waals surface area contributed by atoms with Gasteiger partial charge in [0.1, 0.15) is 11.2 Å². The molecule has 1 heteroatoms. The summed E-state index contributed by atoms with van der Waals surface area (Å²) in [5, 5.41) is 14.8. The van der Waals surface area contributed by atoms with Crippen LogP contribution in [0.5, 0.6) is 0 Å². The van der Waals surface area contributed by atoms with Crippen molar-refractivity contribution in [3.8, 4) is 33.4 Å². The number of hydrogen-bond donors (Lipinski definition) is 0. The summed E-state index contributed by atoms with van der Waals surface area (Å²) in [5.41, 5.74) is 13.9. The van der Waals surface area contributed by atoms with Gasteiger partial charge in [-0.15, -0.1) is 0 Å². The molecule has 12 aromatic carbocycles. The minimum atomic E-state index is -0.612. The van der Waals surface area contributed by atoms with E-state index in [9.17, 15) is 0 Å². The van der Waals surface area contributed by atoms with Gasteiger partial charge in [0.2, 0.25) is 0 Å². The zero-order valence-corrected chi connectivity index (χ0v) is 34.8. The Balaban J connectivity index is 1.17. The van der Waals surface area contributed by atoms with Crippen LogP contribution in [0.1, 0.15) is 22.3 Å². The summed E-state index contributed by atoms with van der Waals surface area (Å²) in [5.74, 6) is 0. The van der Waals surface area contributed by atoms with Gasteiger partial charge in [-0.1, -0.05) is 206 Å². The molecule has 14 rings (SSSR count). The Labute approximate surface area is 370 Å². The molecular weight excluding hydrogens is 773 g/mol. The van der Waals surface area contributed by atoms with Crippen molar-refractivity contribution >= 4 is 75.8 Å². The highest BCUT2D eigenvalue weighted by Gasteiger charge is 2.49. The van der Waals surface area contributed by atoms with Gasteiger partial charge in [0.15, 0.2) is 0 Å². The lowest BCUT2D eigenvalue weighted by atomic mass is 9.65. The van der Waals surface area contributed by atoms with E-state index in [1.807, 2.05) is 6.07 Å². The van der Waals surface area contributed by atoms with Gasteiger partial charge in [-0.25, -0.2) is 0 Å².